The van der Waals surface area contributed by atoms with Gasteiger partial charge in [-0.05, 0) is 23.6 Å². The first-order chi connectivity index (χ1) is 10.6. The summed E-state index contributed by atoms with van der Waals surface area (Å²) in [4.78, 5) is 35.0. The molecule has 0 fully saturated rings. The average Bonchev–Trinajstić information content (AvgIpc) is 3.07. The summed E-state index contributed by atoms with van der Waals surface area (Å²) in [7, 11) is 1.25. The Morgan fingerprint density at radius 1 is 1.14 bits per heavy atom. The van der Waals surface area contributed by atoms with Crippen molar-refractivity contribution < 1.29 is 23.9 Å². The van der Waals surface area contributed by atoms with Gasteiger partial charge in [0, 0.05) is 5.38 Å². The standard InChI is InChI=1S/C15H13NO5S/c1-20-15(19)11-4-2-3-5-12(11)16-13(17)8-21-14(18)10-6-7-22-9-10/h2-7,9H,8H2,1H3,(H,16,17). The van der Waals surface area contributed by atoms with Gasteiger partial charge in [0.15, 0.2) is 6.61 Å². The van der Waals surface area contributed by atoms with Crippen LogP contribution in [0.3, 0.4) is 0 Å². The molecule has 2 aromatic rings. The lowest BCUT2D eigenvalue weighted by Crippen LogP contribution is -2.22. The van der Waals surface area contributed by atoms with Crippen molar-refractivity contribution in [1.29, 1.82) is 0 Å². The molecule has 1 N–H and O–H groups in total. The Morgan fingerprint density at radius 3 is 2.59 bits per heavy atom. The zero-order valence-electron chi connectivity index (χ0n) is 11.7. The van der Waals surface area contributed by atoms with Gasteiger partial charge in [-0.25, -0.2) is 9.59 Å². The van der Waals surface area contributed by atoms with Crippen LogP contribution in [0, 0.1) is 0 Å². The summed E-state index contributed by atoms with van der Waals surface area (Å²) in [6, 6.07) is 8.01. The summed E-state index contributed by atoms with van der Waals surface area (Å²) in [5, 5.41) is 5.88. The Hall–Kier alpha value is -2.67. The summed E-state index contributed by atoms with van der Waals surface area (Å²) >= 11 is 1.36. The molecular formula is C15H13NO5S. The minimum atomic E-state index is -0.572. The Morgan fingerprint density at radius 2 is 1.91 bits per heavy atom. The molecule has 0 saturated heterocycles. The number of carbonyl (C=O) groups is 3. The van der Waals surface area contributed by atoms with E-state index in [1.807, 2.05) is 0 Å². The summed E-state index contributed by atoms with van der Waals surface area (Å²) in [5.74, 6) is -1.68. The third kappa shape index (κ3) is 3.92. The second kappa shape index (κ2) is 7.37. The molecule has 1 aromatic heterocycles. The van der Waals surface area contributed by atoms with Gasteiger partial charge in [0.1, 0.15) is 0 Å². The molecule has 7 heteroatoms. The van der Waals surface area contributed by atoms with Crippen molar-refractivity contribution in [2.75, 3.05) is 19.0 Å². The molecule has 0 unspecified atom stereocenters. The van der Waals surface area contributed by atoms with Gasteiger partial charge in [0.05, 0.1) is 23.9 Å². The molecule has 1 aromatic carbocycles. The van der Waals surface area contributed by atoms with E-state index in [0.29, 0.717) is 11.3 Å². The fraction of sp³-hybridized carbons (Fsp3) is 0.133. The molecule has 0 aliphatic carbocycles. The summed E-state index contributed by atoms with van der Waals surface area (Å²) in [6.45, 7) is -0.440. The van der Waals surface area contributed by atoms with E-state index in [2.05, 4.69) is 10.1 Å². The second-order valence-electron chi connectivity index (χ2n) is 4.17. The predicted octanol–water partition coefficient (Wildman–Crippen LogP) is 2.33. The summed E-state index contributed by atoms with van der Waals surface area (Å²) < 4.78 is 9.52. The van der Waals surface area contributed by atoms with Gasteiger partial charge >= 0.3 is 11.9 Å². The number of ether oxygens (including phenoxy) is 2. The van der Waals surface area contributed by atoms with E-state index < -0.39 is 24.5 Å². The number of nitrogens with one attached hydrogen (secondary N) is 1. The zero-order chi connectivity index (χ0) is 15.9. The maximum atomic E-state index is 11.8. The van der Waals surface area contributed by atoms with Gasteiger partial charge in [-0.15, -0.1) is 0 Å². The lowest BCUT2D eigenvalue weighted by atomic mass is 10.2. The highest BCUT2D eigenvalue weighted by molar-refractivity contribution is 7.08. The first-order valence-corrected chi connectivity index (χ1v) is 7.22. The van der Waals surface area contributed by atoms with E-state index >= 15 is 0 Å². The van der Waals surface area contributed by atoms with Crippen molar-refractivity contribution in [2.45, 2.75) is 0 Å². The number of hydrogen-bond donors (Lipinski definition) is 1. The Bertz CT molecular complexity index is 681. The van der Waals surface area contributed by atoms with Crippen molar-refractivity contribution in [3.05, 3.63) is 52.2 Å². The molecule has 0 aliphatic rings. The number of thiophene rings is 1. The van der Waals surface area contributed by atoms with Crippen LogP contribution < -0.4 is 5.32 Å². The minimum Gasteiger partial charge on any atom is -0.465 e. The van der Waals surface area contributed by atoms with Crippen LogP contribution in [0.1, 0.15) is 20.7 Å². The first kappa shape index (κ1) is 15.7. The van der Waals surface area contributed by atoms with Gasteiger partial charge in [-0.1, -0.05) is 12.1 Å². The molecule has 114 valence electrons. The number of para-hydroxylation sites is 1. The molecular weight excluding hydrogens is 306 g/mol. The van der Waals surface area contributed by atoms with Gasteiger partial charge in [-0.3, -0.25) is 4.79 Å². The number of rotatable bonds is 5. The van der Waals surface area contributed by atoms with Gasteiger partial charge in [0.25, 0.3) is 5.91 Å². The Labute approximate surface area is 130 Å². The molecule has 0 spiro atoms. The largest absolute Gasteiger partial charge is 0.465 e. The molecule has 1 amide bonds. The zero-order valence-corrected chi connectivity index (χ0v) is 12.5. The van der Waals surface area contributed by atoms with E-state index in [-0.39, 0.29) is 5.56 Å². The monoisotopic (exact) mass is 319 g/mol. The highest BCUT2D eigenvalue weighted by atomic mass is 32.1. The molecule has 6 nitrogen and oxygen atoms in total. The molecule has 0 saturated carbocycles. The SMILES string of the molecule is COC(=O)c1ccccc1NC(=O)COC(=O)c1ccsc1. The van der Waals surface area contributed by atoms with E-state index in [9.17, 15) is 14.4 Å². The third-order valence-corrected chi connectivity index (χ3v) is 3.38. The smallest absolute Gasteiger partial charge is 0.339 e. The van der Waals surface area contributed by atoms with Crippen LogP contribution in [0.5, 0.6) is 0 Å². The Kier molecular flexibility index (Phi) is 5.26. The van der Waals surface area contributed by atoms with Gasteiger partial charge in [-0.2, -0.15) is 11.3 Å². The van der Waals surface area contributed by atoms with Crippen LogP contribution in [0.25, 0.3) is 0 Å². The second-order valence-corrected chi connectivity index (χ2v) is 4.95. The predicted molar refractivity (Wildman–Crippen MR) is 81.0 cm³/mol. The van der Waals surface area contributed by atoms with Crippen molar-refractivity contribution >= 4 is 34.9 Å². The van der Waals surface area contributed by atoms with Crippen LogP contribution in [0.2, 0.25) is 0 Å². The lowest BCUT2D eigenvalue weighted by Gasteiger charge is -2.09. The number of amides is 1. The van der Waals surface area contributed by atoms with Crippen LogP contribution in [0.15, 0.2) is 41.1 Å². The van der Waals surface area contributed by atoms with Gasteiger partial charge in [0.2, 0.25) is 0 Å². The first-order valence-electron chi connectivity index (χ1n) is 6.28. The fourth-order valence-electron chi connectivity index (χ4n) is 1.66. The topological polar surface area (TPSA) is 81.7 Å². The normalized spacial score (nSPS) is 9.86. The highest BCUT2D eigenvalue weighted by Crippen LogP contribution is 2.16. The van der Waals surface area contributed by atoms with E-state index in [4.69, 9.17) is 4.74 Å². The van der Waals surface area contributed by atoms with Crippen molar-refractivity contribution in [2.24, 2.45) is 0 Å². The maximum Gasteiger partial charge on any atom is 0.339 e. The molecule has 0 bridgehead atoms. The number of benzene rings is 1. The van der Waals surface area contributed by atoms with Crippen LogP contribution in [-0.4, -0.2) is 31.6 Å². The molecule has 2 rings (SSSR count). The quantitative estimate of drug-likeness (QED) is 0.855. The number of esters is 2. The molecule has 22 heavy (non-hydrogen) atoms. The van der Waals surface area contributed by atoms with Crippen LogP contribution in [-0.2, 0) is 14.3 Å². The average molecular weight is 319 g/mol. The highest BCUT2D eigenvalue weighted by Gasteiger charge is 2.15. The van der Waals surface area contributed by atoms with Crippen molar-refractivity contribution in [3.63, 3.8) is 0 Å². The molecule has 1 heterocycles. The molecule has 0 atom stereocenters. The third-order valence-electron chi connectivity index (χ3n) is 2.70. The lowest BCUT2D eigenvalue weighted by molar-refractivity contribution is -0.119. The van der Waals surface area contributed by atoms with E-state index in [0.717, 1.165) is 0 Å². The molecule has 0 radical (unpaired) electrons. The van der Waals surface area contributed by atoms with E-state index in [1.54, 1.807) is 35.0 Å². The maximum absolute atomic E-state index is 11.8. The molecule has 0 aliphatic heterocycles. The number of anilines is 1. The minimum absolute atomic E-state index is 0.225. The number of methoxy groups -OCH3 is 1. The van der Waals surface area contributed by atoms with E-state index in [1.165, 1.54) is 24.5 Å². The Balaban J connectivity index is 1.95. The van der Waals surface area contributed by atoms with Gasteiger partial charge < -0.3 is 14.8 Å². The van der Waals surface area contributed by atoms with Crippen molar-refractivity contribution in [3.8, 4) is 0 Å². The van der Waals surface area contributed by atoms with Crippen molar-refractivity contribution in [1.82, 2.24) is 0 Å². The fourth-order valence-corrected chi connectivity index (χ4v) is 2.29. The van der Waals surface area contributed by atoms with Crippen LogP contribution >= 0.6 is 11.3 Å². The number of carbonyl (C=O) groups excluding carboxylic acids is 3. The van der Waals surface area contributed by atoms with Crippen LogP contribution in [0.4, 0.5) is 5.69 Å². The summed E-state index contributed by atoms with van der Waals surface area (Å²) in [6.07, 6.45) is 0. The summed E-state index contributed by atoms with van der Waals surface area (Å²) in [5.41, 5.74) is 0.918. The number of hydrogen-bond acceptors (Lipinski definition) is 6.